The van der Waals surface area contributed by atoms with Gasteiger partial charge in [-0.3, -0.25) is 52.9 Å². The number of carboxylic acid groups (broad SMARTS) is 2. The van der Waals surface area contributed by atoms with Crippen molar-refractivity contribution in [2.45, 2.75) is 162 Å². The first-order valence-corrected chi connectivity index (χ1v) is 22.4. The highest BCUT2D eigenvalue weighted by atomic mass is 16.4. The average molecular weight is 970 g/mol. The summed E-state index contributed by atoms with van der Waals surface area (Å²) in [5.74, 6) is -12.9. The molecule has 9 amide bonds. The molecule has 0 saturated carbocycles. The number of hydrogen-bond acceptors (Lipinski definition) is 13. The maximum atomic E-state index is 13.9. The summed E-state index contributed by atoms with van der Waals surface area (Å²) in [7, 11) is 0. The van der Waals surface area contributed by atoms with E-state index in [-0.39, 0.29) is 68.3 Å². The summed E-state index contributed by atoms with van der Waals surface area (Å²) in [6, 6.07) is -11.7. The second-order valence-corrected chi connectivity index (χ2v) is 18.1. The molecule has 8 atom stereocenters. The van der Waals surface area contributed by atoms with E-state index >= 15 is 0 Å². The summed E-state index contributed by atoms with van der Waals surface area (Å²) in [5.41, 5.74) is 27.4. The predicted octanol–water partition coefficient (Wildman–Crippen LogP) is -3.74. The lowest BCUT2D eigenvalue weighted by Crippen LogP contribution is -2.61. The van der Waals surface area contributed by atoms with E-state index in [1.54, 1.807) is 55.4 Å². The molecule has 0 aromatic carbocycles. The Balaban J connectivity index is 6.62. The van der Waals surface area contributed by atoms with Gasteiger partial charge in [0.2, 0.25) is 53.2 Å². The molecule has 0 aliphatic heterocycles. The van der Waals surface area contributed by atoms with Crippen molar-refractivity contribution in [3.63, 3.8) is 0 Å². The fraction of sp³-hybridized carbons (Fsp3) is 0.714. The third-order valence-electron chi connectivity index (χ3n) is 9.96. The molecule has 0 fully saturated rings. The van der Waals surface area contributed by atoms with Crippen LogP contribution >= 0.6 is 0 Å². The monoisotopic (exact) mass is 970 g/mol. The first-order valence-electron chi connectivity index (χ1n) is 22.4. The van der Waals surface area contributed by atoms with E-state index in [4.69, 9.17) is 28.7 Å². The van der Waals surface area contributed by atoms with Gasteiger partial charge in [0, 0.05) is 13.0 Å². The fourth-order valence-electron chi connectivity index (χ4n) is 6.43. The summed E-state index contributed by atoms with van der Waals surface area (Å²) in [4.78, 5) is 147. The molecular weight excluding hydrogens is 895 g/mol. The van der Waals surface area contributed by atoms with E-state index < -0.39 is 139 Å². The SMILES string of the molecule is CC(C)C[C@H](NC(=O)[C@H](CC(C)C)NC(=O)[C@H](CC(N)=O)NC(=O)[C@H](CCC(=O)O)NC(=O)[C@H](CC(N)=O)NC(=O)[C@H](CC(C)C)NC(=O)[C@@H](N)C(C)C)C(=O)N[C@@H](CCCN=C(N)N)C(=O)O. The van der Waals surface area contributed by atoms with Gasteiger partial charge in [0.25, 0.3) is 0 Å². The molecule has 0 aromatic heterocycles. The second-order valence-electron chi connectivity index (χ2n) is 18.1. The van der Waals surface area contributed by atoms with Gasteiger partial charge in [-0.2, -0.15) is 0 Å². The van der Waals surface area contributed by atoms with Crippen LogP contribution in [0, 0.1) is 23.7 Å². The molecule has 19 N–H and O–H groups in total. The van der Waals surface area contributed by atoms with Crippen LogP contribution in [-0.2, 0) is 52.7 Å². The number of amides is 9. The topological polar surface area (TPSA) is 455 Å². The lowest BCUT2D eigenvalue weighted by atomic mass is 9.99. The number of nitrogens with one attached hydrogen (secondary N) is 7. The van der Waals surface area contributed by atoms with Gasteiger partial charge >= 0.3 is 11.9 Å². The molecule has 386 valence electrons. The van der Waals surface area contributed by atoms with Crippen LogP contribution in [0.1, 0.15) is 113 Å². The standard InChI is InChI=1S/C42H75N13O13/c1-19(2)14-25(35(61)50-24(41(67)68)10-9-13-48-42(46)47)51-36(62)26(15-20(3)4)52-39(65)29(18-31(44)57)53-34(60)23(11-12-32(58)59)49-38(64)28(17-30(43)56)54-37(63)27(16-21(5)6)55-40(66)33(45)22(7)8/h19-29,33H,9-18,45H2,1-8H3,(H2,43,56)(H2,44,57)(H,49,64)(H,50,61)(H,51,62)(H,52,65)(H,53,60)(H,54,63)(H,55,66)(H,58,59)(H,67,68)(H4,46,47,48)/t23-,24-,25-,26-,27-,28-,29-,33-/m0/s1. The Morgan fingerprint density at radius 1 is 0.456 bits per heavy atom. The fourth-order valence-corrected chi connectivity index (χ4v) is 6.43. The highest BCUT2D eigenvalue weighted by molar-refractivity contribution is 5.99. The molecule has 0 rings (SSSR count). The van der Waals surface area contributed by atoms with Crippen molar-refractivity contribution in [2.75, 3.05) is 6.54 Å². The van der Waals surface area contributed by atoms with E-state index in [2.05, 4.69) is 42.2 Å². The minimum atomic E-state index is -1.84. The molecule has 0 heterocycles. The van der Waals surface area contributed by atoms with Gasteiger partial charge in [0.1, 0.15) is 42.3 Å². The van der Waals surface area contributed by atoms with Crippen LogP contribution in [0.3, 0.4) is 0 Å². The molecule has 0 radical (unpaired) electrons. The number of hydrogen-bond donors (Lipinski definition) is 14. The summed E-state index contributed by atoms with van der Waals surface area (Å²) in [6.45, 7) is 13.9. The van der Waals surface area contributed by atoms with Gasteiger partial charge in [-0.1, -0.05) is 55.4 Å². The lowest BCUT2D eigenvalue weighted by Gasteiger charge is -2.28. The van der Waals surface area contributed by atoms with Crippen molar-refractivity contribution in [1.29, 1.82) is 0 Å². The molecular formula is C42H75N13O13. The molecule has 26 heteroatoms. The van der Waals surface area contributed by atoms with Crippen LogP contribution in [0.4, 0.5) is 0 Å². The zero-order valence-electron chi connectivity index (χ0n) is 40.2. The maximum Gasteiger partial charge on any atom is 0.326 e. The Kier molecular flexibility index (Phi) is 27.7. The van der Waals surface area contributed by atoms with E-state index in [0.29, 0.717) is 0 Å². The van der Waals surface area contributed by atoms with Gasteiger partial charge in [0.05, 0.1) is 18.9 Å². The van der Waals surface area contributed by atoms with Gasteiger partial charge in [-0.15, -0.1) is 0 Å². The van der Waals surface area contributed by atoms with E-state index in [9.17, 15) is 63.0 Å². The molecule has 0 aromatic rings. The third-order valence-corrected chi connectivity index (χ3v) is 9.96. The number of nitrogens with two attached hydrogens (primary N) is 5. The van der Waals surface area contributed by atoms with Crippen molar-refractivity contribution in [3.8, 4) is 0 Å². The van der Waals surface area contributed by atoms with Crippen LogP contribution in [0.25, 0.3) is 0 Å². The van der Waals surface area contributed by atoms with E-state index in [1.807, 2.05) is 0 Å². The first-order chi connectivity index (χ1) is 31.4. The number of guanidine groups is 1. The molecule has 26 nitrogen and oxygen atoms in total. The quantitative estimate of drug-likeness (QED) is 0.0171. The summed E-state index contributed by atoms with van der Waals surface area (Å²) < 4.78 is 0. The maximum absolute atomic E-state index is 13.9. The highest BCUT2D eigenvalue weighted by Gasteiger charge is 2.36. The number of aliphatic imine (C=N–C) groups is 1. The second kappa shape index (κ2) is 30.6. The Morgan fingerprint density at radius 3 is 1.10 bits per heavy atom. The molecule has 0 unspecified atom stereocenters. The van der Waals surface area contributed by atoms with Crippen LogP contribution in [-0.4, -0.2) is 136 Å². The minimum absolute atomic E-state index is 0.0378. The summed E-state index contributed by atoms with van der Waals surface area (Å²) in [6.07, 6.45) is -2.84. The van der Waals surface area contributed by atoms with Gasteiger partial charge in [-0.25, -0.2) is 4.79 Å². The highest BCUT2D eigenvalue weighted by Crippen LogP contribution is 2.12. The minimum Gasteiger partial charge on any atom is -0.481 e. The number of carboxylic acids is 2. The average Bonchev–Trinajstić information content (AvgIpc) is 3.20. The molecule has 68 heavy (non-hydrogen) atoms. The van der Waals surface area contributed by atoms with Gasteiger partial charge in [-0.05, 0) is 62.2 Å². The van der Waals surface area contributed by atoms with Crippen molar-refractivity contribution in [3.05, 3.63) is 0 Å². The first kappa shape index (κ1) is 61.4. The Labute approximate surface area is 396 Å². The number of rotatable bonds is 33. The zero-order valence-corrected chi connectivity index (χ0v) is 40.2. The molecule has 0 aliphatic rings. The third kappa shape index (κ3) is 25.3. The van der Waals surface area contributed by atoms with Crippen LogP contribution in [0.2, 0.25) is 0 Å². The van der Waals surface area contributed by atoms with E-state index in [0.717, 1.165) is 0 Å². The van der Waals surface area contributed by atoms with Crippen molar-refractivity contribution >= 4 is 71.1 Å². The van der Waals surface area contributed by atoms with Crippen molar-refractivity contribution in [2.24, 2.45) is 57.3 Å². The molecule has 0 aliphatic carbocycles. The normalized spacial score (nSPS) is 14.7. The van der Waals surface area contributed by atoms with Crippen LogP contribution in [0.5, 0.6) is 0 Å². The van der Waals surface area contributed by atoms with E-state index in [1.165, 1.54) is 0 Å². The number of primary amides is 2. The smallest absolute Gasteiger partial charge is 0.326 e. The number of nitrogens with zero attached hydrogens (tertiary/aromatic N) is 1. The molecule has 0 saturated heterocycles. The molecule has 0 bridgehead atoms. The summed E-state index contributed by atoms with van der Waals surface area (Å²) in [5, 5.41) is 36.0. The predicted molar refractivity (Wildman–Crippen MR) is 247 cm³/mol. The van der Waals surface area contributed by atoms with Crippen LogP contribution in [0.15, 0.2) is 4.99 Å². The van der Waals surface area contributed by atoms with Gasteiger partial charge in [0.15, 0.2) is 5.96 Å². The Bertz CT molecular complexity index is 1800. The largest absolute Gasteiger partial charge is 0.481 e. The number of carbonyl (C=O) groups is 11. The number of aliphatic carboxylic acids is 2. The molecule has 0 spiro atoms. The zero-order chi connectivity index (χ0) is 52.6. The summed E-state index contributed by atoms with van der Waals surface area (Å²) >= 11 is 0. The lowest BCUT2D eigenvalue weighted by molar-refractivity contribution is -0.142. The van der Waals surface area contributed by atoms with Crippen molar-refractivity contribution in [1.82, 2.24) is 37.2 Å². The van der Waals surface area contributed by atoms with Crippen molar-refractivity contribution < 1.29 is 63.0 Å². The van der Waals surface area contributed by atoms with Crippen LogP contribution < -0.4 is 65.9 Å². The van der Waals surface area contributed by atoms with Gasteiger partial charge < -0.3 is 76.1 Å². The Hall–Kier alpha value is -6.60. The number of carbonyl (C=O) groups excluding carboxylic acids is 9. The Morgan fingerprint density at radius 2 is 0.779 bits per heavy atom.